The number of amides is 2. The highest BCUT2D eigenvalue weighted by Gasteiger charge is 2.29. The third kappa shape index (κ3) is 4.91. The Balaban J connectivity index is 1.54. The lowest BCUT2D eigenvalue weighted by Gasteiger charge is -2.33. The van der Waals surface area contributed by atoms with Crippen molar-refractivity contribution in [1.29, 1.82) is 0 Å². The quantitative estimate of drug-likeness (QED) is 0.745. The van der Waals surface area contributed by atoms with Gasteiger partial charge in [-0.05, 0) is 43.4 Å². The molecule has 1 aromatic carbocycles. The van der Waals surface area contributed by atoms with E-state index in [2.05, 4.69) is 4.98 Å². The molecular weight excluding hydrogens is 406 g/mol. The number of nitrogens with two attached hydrogens (primary N) is 1. The fourth-order valence-electron chi connectivity index (χ4n) is 4.51. The van der Waals surface area contributed by atoms with E-state index in [1.807, 2.05) is 42.2 Å². The lowest BCUT2D eigenvalue weighted by Crippen LogP contribution is -2.39. The molecule has 0 unspecified atom stereocenters. The second-order valence-corrected chi connectivity index (χ2v) is 8.80. The molecule has 1 aromatic heterocycles. The van der Waals surface area contributed by atoms with Gasteiger partial charge in [0.15, 0.2) is 0 Å². The van der Waals surface area contributed by atoms with E-state index in [1.54, 1.807) is 12.1 Å². The van der Waals surface area contributed by atoms with Crippen LogP contribution < -0.4 is 10.6 Å². The van der Waals surface area contributed by atoms with Crippen LogP contribution in [0.1, 0.15) is 54.1 Å². The number of carbonyl (C=O) groups is 2. The Morgan fingerprint density at radius 3 is 2.66 bits per heavy atom. The summed E-state index contributed by atoms with van der Waals surface area (Å²) in [6, 6.07) is 7.27. The molecule has 1 atom stereocenters. The van der Waals surface area contributed by atoms with Gasteiger partial charge >= 0.3 is 0 Å². The minimum Gasteiger partial charge on any atom is -0.378 e. The molecule has 0 saturated carbocycles. The molecular formula is C24H31N5O3. The summed E-state index contributed by atoms with van der Waals surface area (Å²) in [5.74, 6) is 0.570. The Kier molecular flexibility index (Phi) is 6.69. The maximum atomic E-state index is 12.7. The van der Waals surface area contributed by atoms with E-state index in [1.165, 1.54) is 0 Å². The average molecular weight is 438 g/mol. The predicted molar refractivity (Wildman–Crippen MR) is 122 cm³/mol. The van der Waals surface area contributed by atoms with Gasteiger partial charge < -0.3 is 20.3 Å². The number of ether oxygens (including phenoxy) is 1. The topological polar surface area (TPSA) is 102 Å². The van der Waals surface area contributed by atoms with Gasteiger partial charge in [0, 0.05) is 57.0 Å². The van der Waals surface area contributed by atoms with Crippen LogP contribution in [-0.4, -0.2) is 66.6 Å². The first kappa shape index (κ1) is 22.2. The van der Waals surface area contributed by atoms with Crippen LogP contribution >= 0.6 is 0 Å². The number of benzene rings is 1. The molecule has 2 fully saturated rings. The Bertz CT molecular complexity index is 979. The number of aromatic nitrogens is 2. The first-order valence-electron chi connectivity index (χ1n) is 11.3. The van der Waals surface area contributed by atoms with Crippen LogP contribution in [0.4, 0.5) is 5.95 Å². The summed E-state index contributed by atoms with van der Waals surface area (Å²) in [5.41, 5.74) is 8.68. The minimum atomic E-state index is -0.461. The van der Waals surface area contributed by atoms with E-state index in [4.69, 9.17) is 15.5 Å². The molecule has 0 aliphatic carbocycles. The van der Waals surface area contributed by atoms with Gasteiger partial charge in [0.25, 0.3) is 0 Å². The SMILES string of the molecule is CN(C)c1ncc(-c2cccc(C(N)=O)c2)c(C2CCN(C(=O)C[C@@H]3CCCO3)CC2)n1. The van der Waals surface area contributed by atoms with Crippen LogP contribution in [0.25, 0.3) is 11.1 Å². The Morgan fingerprint density at radius 2 is 2.00 bits per heavy atom. The van der Waals surface area contributed by atoms with Gasteiger partial charge in [0.05, 0.1) is 18.2 Å². The summed E-state index contributed by atoms with van der Waals surface area (Å²) in [4.78, 5) is 37.6. The Morgan fingerprint density at radius 1 is 1.22 bits per heavy atom. The number of carbonyl (C=O) groups excluding carboxylic acids is 2. The van der Waals surface area contributed by atoms with E-state index >= 15 is 0 Å². The molecule has 170 valence electrons. The lowest BCUT2D eigenvalue weighted by atomic mass is 9.88. The summed E-state index contributed by atoms with van der Waals surface area (Å²) in [6.07, 6.45) is 6.08. The number of rotatable bonds is 6. The highest BCUT2D eigenvalue weighted by atomic mass is 16.5. The summed E-state index contributed by atoms with van der Waals surface area (Å²) < 4.78 is 5.63. The van der Waals surface area contributed by atoms with E-state index < -0.39 is 5.91 Å². The zero-order valence-corrected chi connectivity index (χ0v) is 18.8. The number of nitrogens with zero attached hydrogens (tertiary/aromatic N) is 4. The van der Waals surface area contributed by atoms with E-state index in [0.717, 1.165) is 49.1 Å². The van der Waals surface area contributed by atoms with Crippen LogP contribution in [0.15, 0.2) is 30.5 Å². The van der Waals surface area contributed by atoms with Crippen LogP contribution in [-0.2, 0) is 9.53 Å². The number of piperidine rings is 1. The second-order valence-electron chi connectivity index (χ2n) is 8.80. The highest BCUT2D eigenvalue weighted by Crippen LogP contribution is 2.35. The molecule has 2 aliphatic heterocycles. The van der Waals surface area contributed by atoms with Gasteiger partial charge in [0.2, 0.25) is 17.8 Å². The van der Waals surface area contributed by atoms with Crippen LogP contribution in [0.5, 0.6) is 0 Å². The predicted octanol–water partition coefficient (Wildman–Crippen LogP) is 2.58. The number of primary amides is 1. The number of hydrogen-bond acceptors (Lipinski definition) is 6. The van der Waals surface area contributed by atoms with Gasteiger partial charge in [0.1, 0.15) is 0 Å². The van der Waals surface area contributed by atoms with Crippen LogP contribution in [0, 0.1) is 0 Å². The third-order valence-electron chi connectivity index (χ3n) is 6.32. The van der Waals surface area contributed by atoms with Crippen molar-refractivity contribution < 1.29 is 14.3 Å². The molecule has 0 radical (unpaired) electrons. The Labute approximate surface area is 188 Å². The van der Waals surface area contributed by atoms with Gasteiger partial charge in [-0.3, -0.25) is 9.59 Å². The smallest absolute Gasteiger partial charge is 0.248 e. The zero-order chi connectivity index (χ0) is 22.7. The molecule has 32 heavy (non-hydrogen) atoms. The Hall–Kier alpha value is -3.00. The van der Waals surface area contributed by atoms with Gasteiger partial charge in [-0.2, -0.15) is 0 Å². The van der Waals surface area contributed by atoms with Crippen molar-refractivity contribution >= 4 is 17.8 Å². The van der Waals surface area contributed by atoms with Crippen molar-refractivity contribution in [2.24, 2.45) is 5.73 Å². The summed E-state index contributed by atoms with van der Waals surface area (Å²) in [5, 5.41) is 0. The monoisotopic (exact) mass is 437 g/mol. The van der Waals surface area contributed by atoms with Gasteiger partial charge in [-0.25, -0.2) is 9.97 Å². The van der Waals surface area contributed by atoms with E-state index in [9.17, 15) is 9.59 Å². The van der Waals surface area contributed by atoms with Crippen molar-refractivity contribution in [2.45, 2.75) is 44.1 Å². The summed E-state index contributed by atoms with van der Waals surface area (Å²) in [6.45, 7) is 2.18. The molecule has 0 spiro atoms. The second kappa shape index (κ2) is 9.65. The first-order chi connectivity index (χ1) is 15.4. The fourth-order valence-corrected chi connectivity index (χ4v) is 4.51. The molecule has 4 rings (SSSR count). The maximum absolute atomic E-state index is 12.7. The van der Waals surface area contributed by atoms with Gasteiger partial charge in [-0.15, -0.1) is 0 Å². The number of anilines is 1. The maximum Gasteiger partial charge on any atom is 0.248 e. The average Bonchev–Trinajstić information content (AvgIpc) is 3.32. The van der Waals surface area contributed by atoms with Crippen LogP contribution in [0.3, 0.4) is 0 Å². The minimum absolute atomic E-state index is 0.0777. The molecule has 2 saturated heterocycles. The normalized spacial score (nSPS) is 19.2. The zero-order valence-electron chi connectivity index (χ0n) is 18.8. The largest absolute Gasteiger partial charge is 0.378 e. The lowest BCUT2D eigenvalue weighted by molar-refractivity contribution is -0.134. The van der Waals surface area contributed by atoms with Crippen molar-refractivity contribution in [1.82, 2.24) is 14.9 Å². The standard InChI is InChI=1S/C24H31N5O3/c1-28(2)24-26-15-20(17-5-3-6-18(13-17)23(25)31)22(27-24)16-8-10-29(11-9-16)21(30)14-19-7-4-12-32-19/h3,5-6,13,15-16,19H,4,7-12,14H2,1-2H3,(H2,25,31)/t19-/m0/s1. The molecule has 8 heteroatoms. The molecule has 2 aliphatic rings. The van der Waals surface area contributed by atoms with Crippen molar-refractivity contribution in [2.75, 3.05) is 38.7 Å². The van der Waals surface area contributed by atoms with Crippen molar-refractivity contribution in [3.8, 4) is 11.1 Å². The molecule has 0 bridgehead atoms. The summed E-state index contributed by atoms with van der Waals surface area (Å²) in [7, 11) is 3.83. The molecule has 8 nitrogen and oxygen atoms in total. The highest BCUT2D eigenvalue weighted by molar-refractivity contribution is 5.94. The molecule has 2 aromatic rings. The molecule has 2 N–H and O–H groups in total. The van der Waals surface area contributed by atoms with E-state index in [0.29, 0.717) is 31.0 Å². The molecule has 2 amide bonds. The number of hydrogen-bond donors (Lipinski definition) is 1. The van der Waals surface area contributed by atoms with Crippen LogP contribution in [0.2, 0.25) is 0 Å². The number of likely N-dealkylation sites (tertiary alicyclic amines) is 1. The van der Waals surface area contributed by atoms with E-state index in [-0.39, 0.29) is 17.9 Å². The van der Waals surface area contributed by atoms with Crippen molar-refractivity contribution in [3.63, 3.8) is 0 Å². The third-order valence-corrected chi connectivity index (χ3v) is 6.32. The van der Waals surface area contributed by atoms with Crippen molar-refractivity contribution in [3.05, 3.63) is 41.7 Å². The summed E-state index contributed by atoms with van der Waals surface area (Å²) >= 11 is 0. The van der Waals surface area contributed by atoms with Gasteiger partial charge in [-0.1, -0.05) is 12.1 Å². The molecule has 3 heterocycles. The fraction of sp³-hybridized carbons (Fsp3) is 0.500. The first-order valence-corrected chi connectivity index (χ1v) is 11.3.